The average Bonchev–Trinajstić information content (AvgIpc) is 3.50. The van der Waals surface area contributed by atoms with Gasteiger partial charge in [-0.3, -0.25) is 9.52 Å². The highest BCUT2D eigenvalue weighted by Gasteiger charge is 2.15. The van der Waals surface area contributed by atoms with E-state index < -0.39 is 0 Å². The lowest BCUT2D eigenvalue weighted by molar-refractivity contribution is -0.149. The summed E-state index contributed by atoms with van der Waals surface area (Å²) in [4.78, 5) is 25.5. The van der Waals surface area contributed by atoms with Gasteiger partial charge >= 0.3 is 5.97 Å². The van der Waals surface area contributed by atoms with Crippen molar-refractivity contribution >= 4 is 36.0 Å². The molecule has 1 rings (SSSR count). The van der Waals surface area contributed by atoms with E-state index in [1.165, 1.54) is 127 Å². The number of rotatable bonds is 31. The Morgan fingerprint density at radius 2 is 1.51 bits per heavy atom. The van der Waals surface area contributed by atoms with Crippen LogP contribution < -0.4 is 4.72 Å². The molecule has 0 bridgehead atoms. The quantitative estimate of drug-likeness (QED) is 0.0361. The minimum absolute atomic E-state index is 0.0126. The summed E-state index contributed by atoms with van der Waals surface area (Å²) in [7, 11) is 0. The molecule has 1 fully saturated rings. The smallest absolute Gasteiger partial charge is 0.306 e. The third-order valence-electron chi connectivity index (χ3n) is 8.18. The molecule has 1 aliphatic heterocycles. The molecule has 2 atom stereocenters. The predicted molar refractivity (Wildman–Crippen MR) is 182 cm³/mol. The number of carbonyl (C=O) groups excluding carboxylic acids is 2. The predicted octanol–water partition coefficient (Wildman–Crippen LogP) is 9.37. The van der Waals surface area contributed by atoms with Crippen LogP contribution in [0.1, 0.15) is 155 Å². The largest absolute Gasteiger partial charge is 0.462 e. The number of hydrogen-bond acceptors (Lipinski definition) is 7. The molecule has 41 heavy (non-hydrogen) atoms. The molecule has 0 saturated carbocycles. The molecular weight excluding hydrogens is 549 g/mol. The lowest BCUT2D eigenvalue weighted by Gasteiger charge is -2.22. The van der Waals surface area contributed by atoms with Gasteiger partial charge in [-0.2, -0.15) is 11.8 Å². The fourth-order valence-electron chi connectivity index (χ4n) is 5.46. The van der Waals surface area contributed by atoms with E-state index in [9.17, 15) is 9.59 Å². The van der Waals surface area contributed by atoms with E-state index in [1.807, 2.05) is 11.9 Å². The van der Waals surface area contributed by atoms with Crippen LogP contribution in [0.3, 0.4) is 0 Å². The summed E-state index contributed by atoms with van der Waals surface area (Å²) >= 11 is 4.05. The van der Waals surface area contributed by atoms with E-state index in [2.05, 4.69) is 35.2 Å². The minimum atomic E-state index is 0.0126. The summed E-state index contributed by atoms with van der Waals surface area (Å²) < 4.78 is 9.40. The lowest BCUT2D eigenvalue weighted by Crippen LogP contribution is -2.29. The Labute approximate surface area is 263 Å². The Hall–Kier alpha value is -0.240. The highest BCUT2D eigenvalue weighted by molar-refractivity contribution is 8.03. The number of unbranched alkanes of at least 4 members (excludes halogenated alkanes) is 14. The monoisotopic (exact) mass is 614 g/mol. The number of nitrogens with zero attached hydrogens (tertiary/aromatic N) is 1. The molecule has 242 valence electrons. The van der Waals surface area contributed by atoms with Crippen LogP contribution in [0.5, 0.6) is 0 Å². The third-order valence-corrected chi connectivity index (χ3v) is 10.7. The lowest BCUT2D eigenvalue weighted by atomic mass is 10.1. The van der Waals surface area contributed by atoms with Crippen molar-refractivity contribution in [3.63, 3.8) is 0 Å². The number of esters is 1. The second-order valence-corrected chi connectivity index (χ2v) is 14.4. The fraction of sp³-hybridized carbons (Fsp3) is 0.941. The summed E-state index contributed by atoms with van der Waals surface area (Å²) in [5.41, 5.74) is 0. The van der Waals surface area contributed by atoms with Gasteiger partial charge in [0, 0.05) is 30.4 Å². The Kier molecular flexibility index (Phi) is 28.2. The zero-order valence-corrected chi connectivity index (χ0v) is 28.7. The van der Waals surface area contributed by atoms with Gasteiger partial charge in [-0.15, -0.1) is 0 Å². The zero-order valence-electron chi connectivity index (χ0n) is 27.0. The van der Waals surface area contributed by atoms with Crippen LogP contribution >= 0.6 is 23.7 Å². The molecule has 1 N–H and O–H groups in total. The minimum Gasteiger partial charge on any atom is -0.462 e. The van der Waals surface area contributed by atoms with Crippen molar-refractivity contribution in [1.29, 1.82) is 0 Å². The molecule has 0 aromatic carbocycles. The van der Waals surface area contributed by atoms with Crippen LogP contribution in [-0.2, 0) is 14.3 Å². The number of nitrogens with one attached hydrogen (secondary N) is 1. The van der Waals surface area contributed by atoms with E-state index >= 15 is 0 Å². The molecular formula is C34H66N2O3S2. The maximum absolute atomic E-state index is 12.3. The first-order chi connectivity index (χ1) is 20.2. The normalized spacial score (nSPS) is 15.9. The first-order valence-corrected chi connectivity index (χ1v) is 19.5. The molecule has 0 aliphatic carbocycles. The second-order valence-electron chi connectivity index (χ2n) is 12.0. The van der Waals surface area contributed by atoms with Crippen LogP contribution in [0.25, 0.3) is 0 Å². The van der Waals surface area contributed by atoms with E-state index in [4.69, 9.17) is 4.74 Å². The SMILES string of the molecule is CCCCCCCCC(CC)OC(=O)CCCCCCCN(CCCCCCCC=O)CCCNSC1CCSC1. The Morgan fingerprint density at radius 1 is 0.878 bits per heavy atom. The topological polar surface area (TPSA) is 58.6 Å². The summed E-state index contributed by atoms with van der Waals surface area (Å²) in [5.74, 6) is 2.64. The zero-order chi connectivity index (χ0) is 29.6. The summed E-state index contributed by atoms with van der Waals surface area (Å²) in [6.07, 6.45) is 26.6. The standard InChI is InChI=1S/C34H66N2O3S2/c1-3-5-6-7-11-16-22-32(4-2)39-34(38)23-17-12-10-14-19-27-36(26-18-13-8-9-15-20-29-37)28-21-25-35-41-33-24-30-40-31-33/h29,32-33,35H,3-28,30-31H2,1-2H3. The van der Waals surface area contributed by atoms with Gasteiger partial charge in [-0.25, -0.2) is 0 Å². The molecule has 0 spiro atoms. The van der Waals surface area contributed by atoms with E-state index in [0.29, 0.717) is 6.42 Å². The van der Waals surface area contributed by atoms with Crippen molar-refractivity contribution in [3.8, 4) is 0 Å². The van der Waals surface area contributed by atoms with E-state index in [0.717, 1.165) is 56.6 Å². The van der Waals surface area contributed by atoms with E-state index in [1.54, 1.807) is 0 Å². The molecule has 1 heterocycles. The Bertz CT molecular complexity index is 590. The van der Waals surface area contributed by atoms with Crippen LogP contribution in [-0.4, -0.2) is 66.2 Å². The number of aldehydes is 1. The van der Waals surface area contributed by atoms with Crippen molar-refractivity contribution < 1.29 is 14.3 Å². The third kappa shape index (κ3) is 24.9. The van der Waals surface area contributed by atoms with Gasteiger partial charge < -0.3 is 14.4 Å². The molecule has 7 heteroatoms. The molecule has 1 saturated heterocycles. The molecule has 2 unspecified atom stereocenters. The van der Waals surface area contributed by atoms with Gasteiger partial charge in [0.25, 0.3) is 0 Å². The van der Waals surface area contributed by atoms with Crippen LogP contribution in [0.2, 0.25) is 0 Å². The number of carbonyl (C=O) groups is 2. The number of ether oxygens (including phenoxy) is 1. The van der Waals surface area contributed by atoms with Crippen molar-refractivity contribution in [2.24, 2.45) is 0 Å². The highest BCUT2D eigenvalue weighted by Crippen LogP contribution is 2.26. The van der Waals surface area contributed by atoms with E-state index in [-0.39, 0.29) is 12.1 Å². The first kappa shape index (κ1) is 38.8. The van der Waals surface area contributed by atoms with Gasteiger partial charge in [0.2, 0.25) is 0 Å². The van der Waals surface area contributed by atoms with Gasteiger partial charge in [-0.05, 0) is 83.2 Å². The van der Waals surface area contributed by atoms with Gasteiger partial charge in [-0.1, -0.05) is 96.4 Å². The van der Waals surface area contributed by atoms with Crippen LogP contribution in [0.15, 0.2) is 0 Å². The molecule has 0 aromatic rings. The summed E-state index contributed by atoms with van der Waals surface area (Å²) in [6, 6.07) is 0. The van der Waals surface area contributed by atoms with Crippen molar-refractivity contribution in [3.05, 3.63) is 0 Å². The Morgan fingerprint density at radius 3 is 2.17 bits per heavy atom. The molecule has 0 aromatic heterocycles. The van der Waals surface area contributed by atoms with Crippen molar-refractivity contribution in [2.45, 2.75) is 166 Å². The van der Waals surface area contributed by atoms with Crippen molar-refractivity contribution in [1.82, 2.24) is 9.62 Å². The number of hydrogen-bond donors (Lipinski definition) is 1. The molecule has 1 aliphatic rings. The van der Waals surface area contributed by atoms with Crippen LogP contribution in [0, 0.1) is 0 Å². The maximum atomic E-state index is 12.3. The van der Waals surface area contributed by atoms with Gasteiger partial charge in [0.15, 0.2) is 0 Å². The van der Waals surface area contributed by atoms with Crippen LogP contribution in [0.4, 0.5) is 0 Å². The van der Waals surface area contributed by atoms with Gasteiger partial charge in [0.1, 0.15) is 12.4 Å². The van der Waals surface area contributed by atoms with Crippen molar-refractivity contribution in [2.75, 3.05) is 37.7 Å². The maximum Gasteiger partial charge on any atom is 0.306 e. The first-order valence-electron chi connectivity index (χ1n) is 17.5. The second kappa shape index (κ2) is 29.8. The average molecular weight is 615 g/mol. The molecule has 0 radical (unpaired) electrons. The van der Waals surface area contributed by atoms with Gasteiger partial charge in [0.05, 0.1) is 0 Å². The molecule has 5 nitrogen and oxygen atoms in total. The molecule has 0 amide bonds. The summed E-state index contributed by atoms with van der Waals surface area (Å²) in [5, 5.41) is 0.801. The number of thioether (sulfide) groups is 1. The Balaban J connectivity index is 2.13. The summed E-state index contributed by atoms with van der Waals surface area (Å²) in [6.45, 7) is 9.06. The fourth-order valence-corrected chi connectivity index (χ4v) is 7.96. The highest BCUT2D eigenvalue weighted by atomic mass is 32.2.